The second kappa shape index (κ2) is 6.58. The van der Waals surface area contributed by atoms with E-state index in [2.05, 4.69) is 13.8 Å². The molecule has 0 rings (SSSR count). The summed E-state index contributed by atoms with van der Waals surface area (Å²) < 4.78 is 5.21. The van der Waals surface area contributed by atoms with Crippen molar-refractivity contribution in [3.05, 3.63) is 0 Å². The van der Waals surface area contributed by atoms with E-state index >= 15 is 0 Å². The maximum Gasteiger partial charge on any atom is 0.0639 e. The third-order valence-corrected chi connectivity index (χ3v) is 1.41. The van der Waals surface area contributed by atoms with Crippen molar-refractivity contribution in [1.82, 2.24) is 0 Å². The molecule has 1 unspecified atom stereocenters. The van der Waals surface area contributed by atoms with Crippen molar-refractivity contribution in [2.24, 2.45) is 11.7 Å². The van der Waals surface area contributed by atoms with E-state index in [1.165, 1.54) is 0 Å². The average Bonchev–Trinajstić information content (AvgIpc) is 1.97. The molecule has 0 aromatic rings. The lowest BCUT2D eigenvalue weighted by Gasteiger charge is -2.09. The molecule has 1 atom stereocenters. The first-order valence-corrected chi connectivity index (χ1v) is 4.11. The summed E-state index contributed by atoms with van der Waals surface area (Å²) in [4.78, 5) is 0. The third-order valence-electron chi connectivity index (χ3n) is 1.41. The van der Waals surface area contributed by atoms with Gasteiger partial charge in [-0.15, -0.1) is 0 Å². The quantitative estimate of drug-likeness (QED) is 0.553. The van der Waals surface area contributed by atoms with Crippen LogP contribution in [0.25, 0.3) is 0 Å². The lowest BCUT2D eigenvalue weighted by atomic mass is 10.1. The standard InChI is InChI=1S/C8H19NO2/c1-7(2)3-4-11-6-8(9)5-10/h7-8,10H,3-6,9H2,1-2H3. The minimum absolute atomic E-state index is 0.00167. The molecular formula is C8H19NO2. The van der Waals surface area contributed by atoms with E-state index in [-0.39, 0.29) is 12.6 Å². The number of aliphatic hydroxyl groups excluding tert-OH is 1. The van der Waals surface area contributed by atoms with E-state index < -0.39 is 0 Å². The summed E-state index contributed by atoms with van der Waals surface area (Å²) in [5.74, 6) is 0.667. The molecule has 0 saturated heterocycles. The summed E-state index contributed by atoms with van der Waals surface area (Å²) in [5.41, 5.74) is 5.41. The molecule has 0 aromatic carbocycles. The number of ether oxygens (including phenoxy) is 1. The van der Waals surface area contributed by atoms with Gasteiger partial charge >= 0.3 is 0 Å². The Morgan fingerprint density at radius 2 is 2.09 bits per heavy atom. The zero-order valence-electron chi connectivity index (χ0n) is 7.42. The molecule has 0 amide bonds. The van der Waals surface area contributed by atoms with Crippen molar-refractivity contribution in [3.8, 4) is 0 Å². The second-order valence-corrected chi connectivity index (χ2v) is 3.20. The minimum atomic E-state index is -0.220. The highest BCUT2D eigenvalue weighted by Gasteiger charge is 1.99. The van der Waals surface area contributed by atoms with Gasteiger partial charge in [0.2, 0.25) is 0 Å². The Morgan fingerprint density at radius 1 is 1.45 bits per heavy atom. The normalized spacial score (nSPS) is 13.9. The van der Waals surface area contributed by atoms with Crippen molar-refractivity contribution in [1.29, 1.82) is 0 Å². The van der Waals surface area contributed by atoms with Gasteiger partial charge in [0.25, 0.3) is 0 Å². The molecule has 3 heteroatoms. The molecular weight excluding hydrogens is 142 g/mol. The van der Waals surface area contributed by atoms with Crippen molar-refractivity contribution in [2.75, 3.05) is 19.8 Å². The van der Waals surface area contributed by atoms with Gasteiger partial charge in [-0.2, -0.15) is 0 Å². The van der Waals surface area contributed by atoms with E-state index in [4.69, 9.17) is 15.6 Å². The molecule has 0 aliphatic carbocycles. The Balaban J connectivity index is 3.01. The van der Waals surface area contributed by atoms with Gasteiger partial charge in [0.05, 0.1) is 19.3 Å². The maximum absolute atomic E-state index is 8.54. The molecule has 68 valence electrons. The van der Waals surface area contributed by atoms with Gasteiger partial charge in [0.1, 0.15) is 0 Å². The molecule has 0 aliphatic rings. The smallest absolute Gasteiger partial charge is 0.0639 e. The number of nitrogens with two attached hydrogens (primary N) is 1. The third kappa shape index (κ3) is 7.78. The average molecular weight is 161 g/mol. The first-order valence-electron chi connectivity index (χ1n) is 4.11. The zero-order valence-corrected chi connectivity index (χ0v) is 7.42. The van der Waals surface area contributed by atoms with Crippen LogP contribution in [0.4, 0.5) is 0 Å². The fourth-order valence-electron chi connectivity index (χ4n) is 0.606. The van der Waals surface area contributed by atoms with Crippen LogP contribution in [0.3, 0.4) is 0 Å². The predicted molar refractivity (Wildman–Crippen MR) is 45.3 cm³/mol. The van der Waals surface area contributed by atoms with Crippen LogP contribution in [0.5, 0.6) is 0 Å². The van der Waals surface area contributed by atoms with Crippen LogP contribution in [-0.2, 0) is 4.74 Å². The largest absolute Gasteiger partial charge is 0.395 e. The summed E-state index contributed by atoms with van der Waals surface area (Å²) in [6.45, 7) is 5.50. The Hall–Kier alpha value is -0.120. The summed E-state index contributed by atoms with van der Waals surface area (Å²) in [5, 5.41) is 8.54. The monoisotopic (exact) mass is 161 g/mol. The van der Waals surface area contributed by atoms with Crippen molar-refractivity contribution in [3.63, 3.8) is 0 Å². The summed E-state index contributed by atoms with van der Waals surface area (Å²) in [6.07, 6.45) is 1.05. The topological polar surface area (TPSA) is 55.5 Å². The SMILES string of the molecule is CC(C)CCOCC(N)CO. The Kier molecular flexibility index (Phi) is 6.51. The molecule has 3 nitrogen and oxygen atoms in total. The molecule has 0 aromatic heterocycles. The van der Waals surface area contributed by atoms with Gasteiger partial charge in [0.15, 0.2) is 0 Å². The van der Waals surface area contributed by atoms with Crippen LogP contribution >= 0.6 is 0 Å². The van der Waals surface area contributed by atoms with Crippen LogP contribution in [-0.4, -0.2) is 31.0 Å². The summed E-state index contributed by atoms with van der Waals surface area (Å²) in [7, 11) is 0. The Bertz CT molecular complexity index is 86.2. The minimum Gasteiger partial charge on any atom is -0.395 e. The fourth-order valence-corrected chi connectivity index (χ4v) is 0.606. The van der Waals surface area contributed by atoms with Gasteiger partial charge in [0, 0.05) is 6.61 Å². The van der Waals surface area contributed by atoms with E-state index in [0.717, 1.165) is 13.0 Å². The highest BCUT2D eigenvalue weighted by atomic mass is 16.5. The van der Waals surface area contributed by atoms with E-state index in [1.807, 2.05) is 0 Å². The van der Waals surface area contributed by atoms with Crippen molar-refractivity contribution in [2.45, 2.75) is 26.3 Å². The molecule has 0 radical (unpaired) electrons. The number of rotatable bonds is 6. The van der Waals surface area contributed by atoms with Crippen LogP contribution in [0, 0.1) is 5.92 Å². The summed E-state index contributed by atoms with van der Waals surface area (Å²) >= 11 is 0. The fraction of sp³-hybridized carbons (Fsp3) is 1.00. The summed E-state index contributed by atoms with van der Waals surface area (Å²) in [6, 6.07) is -0.220. The van der Waals surface area contributed by atoms with Crippen molar-refractivity contribution < 1.29 is 9.84 Å². The van der Waals surface area contributed by atoms with Crippen molar-refractivity contribution >= 4 is 0 Å². The van der Waals surface area contributed by atoms with Gasteiger partial charge in [-0.05, 0) is 12.3 Å². The maximum atomic E-state index is 8.54. The lowest BCUT2D eigenvalue weighted by molar-refractivity contribution is 0.0935. The van der Waals surface area contributed by atoms with E-state index in [1.54, 1.807) is 0 Å². The van der Waals surface area contributed by atoms with Crippen LogP contribution in [0.15, 0.2) is 0 Å². The molecule has 0 bridgehead atoms. The van der Waals surface area contributed by atoms with Gasteiger partial charge in [-0.25, -0.2) is 0 Å². The highest BCUT2D eigenvalue weighted by Crippen LogP contribution is 1.98. The molecule has 0 spiro atoms. The molecule has 11 heavy (non-hydrogen) atoms. The van der Waals surface area contributed by atoms with Crippen LogP contribution in [0.1, 0.15) is 20.3 Å². The van der Waals surface area contributed by atoms with E-state index in [0.29, 0.717) is 12.5 Å². The number of aliphatic hydroxyl groups is 1. The number of hydrogen-bond acceptors (Lipinski definition) is 3. The first-order chi connectivity index (χ1) is 5.16. The molecule has 3 N–H and O–H groups in total. The zero-order chi connectivity index (χ0) is 8.69. The van der Waals surface area contributed by atoms with Crippen LogP contribution < -0.4 is 5.73 Å². The Labute approximate surface area is 68.5 Å². The molecule has 0 aliphatic heterocycles. The van der Waals surface area contributed by atoms with Gasteiger partial charge in [-0.1, -0.05) is 13.8 Å². The number of hydrogen-bond donors (Lipinski definition) is 2. The van der Waals surface area contributed by atoms with Crippen LogP contribution in [0.2, 0.25) is 0 Å². The molecule has 0 fully saturated rings. The highest BCUT2D eigenvalue weighted by molar-refractivity contribution is 4.55. The van der Waals surface area contributed by atoms with Gasteiger partial charge in [-0.3, -0.25) is 0 Å². The Morgan fingerprint density at radius 3 is 2.55 bits per heavy atom. The first kappa shape index (κ1) is 10.9. The van der Waals surface area contributed by atoms with Gasteiger partial charge < -0.3 is 15.6 Å². The lowest BCUT2D eigenvalue weighted by Crippen LogP contribution is -2.30. The predicted octanol–water partition coefficient (Wildman–Crippen LogP) is 0.369. The second-order valence-electron chi connectivity index (χ2n) is 3.20. The molecule has 0 saturated carbocycles. The molecule has 0 heterocycles. The van der Waals surface area contributed by atoms with E-state index in [9.17, 15) is 0 Å².